The smallest absolute Gasteiger partial charge is 0.295 e. The molecule has 36 heavy (non-hydrogen) atoms. The number of nitrogens with zero attached hydrogens (tertiary/aromatic N) is 3. The van der Waals surface area contributed by atoms with Gasteiger partial charge in [-0.15, -0.1) is 5.10 Å². The minimum Gasteiger partial charge on any atom is -0.457 e. The van der Waals surface area contributed by atoms with Crippen molar-refractivity contribution in [2.24, 2.45) is 0 Å². The Bertz CT molecular complexity index is 1530. The number of aromatic nitrogens is 3. The van der Waals surface area contributed by atoms with Crippen LogP contribution in [0.4, 0.5) is 5.69 Å². The normalized spacial score (nSPS) is 10.8. The number of amides is 1. The van der Waals surface area contributed by atoms with E-state index < -0.39 is 5.91 Å². The maximum atomic E-state index is 13.1. The second kappa shape index (κ2) is 10.2. The Balaban J connectivity index is 1.44. The molecule has 0 fully saturated rings. The molecule has 1 amide bonds. The first-order valence-electron chi connectivity index (χ1n) is 11.1. The zero-order chi connectivity index (χ0) is 25.1. The van der Waals surface area contributed by atoms with Crippen molar-refractivity contribution in [3.8, 4) is 28.6 Å². The average Bonchev–Trinajstić information content (AvgIpc) is 3.33. The lowest BCUT2D eigenvalue weighted by molar-refractivity contribution is 0.101. The molecule has 0 aliphatic heterocycles. The molecule has 6 nitrogen and oxygen atoms in total. The van der Waals surface area contributed by atoms with E-state index in [2.05, 4.69) is 15.4 Å². The summed E-state index contributed by atoms with van der Waals surface area (Å²) < 4.78 is 7.42. The zero-order valence-electron chi connectivity index (χ0n) is 19.2. The van der Waals surface area contributed by atoms with Gasteiger partial charge in [0.05, 0.1) is 5.69 Å². The van der Waals surface area contributed by atoms with Gasteiger partial charge in [0.1, 0.15) is 11.5 Å². The molecule has 8 heteroatoms. The second-order valence-electron chi connectivity index (χ2n) is 7.96. The van der Waals surface area contributed by atoms with Crippen LogP contribution in [0.25, 0.3) is 17.1 Å². The van der Waals surface area contributed by atoms with E-state index in [0.717, 1.165) is 16.9 Å². The third-order valence-corrected chi connectivity index (χ3v) is 6.10. The third kappa shape index (κ3) is 5.10. The Hall–Kier alpha value is -4.13. The lowest BCUT2D eigenvalue weighted by Gasteiger charge is -2.10. The van der Waals surface area contributed by atoms with E-state index in [9.17, 15) is 4.79 Å². The van der Waals surface area contributed by atoms with Crippen molar-refractivity contribution in [2.75, 3.05) is 5.32 Å². The highest BCUT2D eigenvalue weighted by Gasteiger charge is 2.20. The number of carbonyl (C=O) groups is 1. The molecular formula is C28H20Cl2N4O2. The number of hydrogen-bond donors (Lipinski definition) is 1. The summed E-state index contributed by atoms with van der Waals surface area (Å²) >= 11 is 12.6. The van der Waals surface area contributed by atoms with E-state index in [4.69, 9.17) is 27.9 Å². The van der Waals surface area contributed by atoms with Crippen LogP contribution in [0.3, 0.4) is 0 Å². The van der Waals surface area contributed by atoms with Crippen LogP contribution in [-0.4, -0.2) is 20.7 Å². The molecule has 4 aromatic carbocycles. The Morgan fingerprint density at radius 1 is 0.861 bits per heavy atom. The van der Waals surface area contributed by atoms with E-state index in [1.54, 1.807) is 47.1 Å². The first-order chi connectivity index (χ1) is 17.5. The van der Waals surface area contributed by atoms with E-state index in [-0.39, 0.29) is 5.82 Å². The molecule has 0 spiro atoms. The van der Waals surface area contributed by atoms with Crippen LogP contribution in [0.15, 0.2) is 97.1 Å². The Labute approximate surface area is 218 Å². The lowest BCUT2D eigenvalue weighted by atomic mass is 10.1. The largest absolute Gasteiger partial charge is 0.457 e. The van der Waals surface area contributed by atoms with Gasteiger partial charge in [-0.1, -0.05) is 59.6 Å². The van der Waals surface area contributed by atoms with Crippen molar-refractivity contribution in [1.29, 1.82) is 0 Å². The molecule has 1 aromatic heterocycles. The number of carbonyl (C=O) groups excluding carboxylic acids is 1. The highest BCUT2D eigenvalue weighted by atomic mass is 35.5. The number of para-hydroxylation sites is 1. The standard InChI is InChI=1S/C28H20Cl2N4O2/c1-18-24(30)11-6-12-25(18)34-27(19-7-5-8-20(29)17-19)32-26(33-34)28(35)31-21-13-15-23(16-14-21)36-22-9-3-2-4-10-22/h2-17H,1H3,(H,31,35). The quantitative estimate of drug-likeness (QED) is 0.253. The molecule has 1 heterocycles. The predicted molar refractivity (Wildman–Crippen MR) is 142 cm³/mol. The van der Waals surface area contributed by atoms with Crippen molar-refractivity contribution >= 4 is 34.8 Å². The molecular weight excluding hydrogens is 495 g/mol. The predicted octanol–water partition coefficient (Wildman–Crippen LogP) is 7.59. The first-order valence-corrected chi connectivity index (χ1v) is 11.9. The second-order valence-corrected chi connectivity index (χ2v) is 8.80. The molecule has 0 bridgehead atoms. The highest BCUT2D eigenvalue weighted by Crippen LogP contribution is 2.28. The molecule has 1 N–H and O–H groups in total. The molecule has 0 atom stereocenters. The van der Waals surface area contributed by atoms with Gasteiger partial charge in [0.2, 0.25) is 5.82 Å². The minimum absolute atomic E-state index is 0.00830. The van der Waals surface area contributed by atoms with Gasteiger partial charge in [0.25, 0.3) is 5.91 Å². The SMILES string of the molecule is Cc1c(Cl)cccc1-n1nc(C(=O)Nc2ccc(Oc3ccccc3)cc2)nc1-c1cccc(Cl)c1. The summed E-state index contributed by atoms with van der Waals surface area (Å²) in [6.45, 7) is 1.89. The van der Waals surface area contributed by atoms with E-state index >= 15 is 0 Å². The topological polar surface area (TPSA) is 69.0 Å². The van der Waals surface area contributed by atoms with Crippen molar-refractivity contribution in [2.45, 2.75) is 6.92 Å². The first kappa shape index (κ1) is 23.6. The Kier molecular flexibility index (Phi) is 6.71. The van der Waals surface area contributed by atoms with Crippen molar-refractivity contribution in [3.63, 3.8) is 0 Å². The highest BCUT2D eigenvalue weighted by molar-refractivity contribution is 6.31. The molecule has 5 rings (SSSR count). The monoisotopic (exact) mass is 514 g/mol. The summed E-state index contributed by atoms with van der Waals surface area (Å²) in [7, 11) is 0. The van der Waals surface area contributed by atoms with Crippen LogP contribution in [0, 0.1) is 6.92 Å². The fraction of sp³-hybridized carbons (Fsp3) is 0.0357. The number of anilines is 1. The number of halogens is 2. The average molecular weight is 515 g/mol. The van der Waals surface area contributed by atoms with Gasteiger partial charge < -0.3 is 10.1 Å². The van der Waals surface area contributed by atoms with Crippen LogP contribution >= 0.6 is 23.2 Å². The van der Waals surface area contributed by atoms with Crippen molar-refractivity contribution in [1.82, 2.24) is 14.8 Å². The van der Waals surface area contributed by atoms with Gasteiger partial charge in [-0.3, -0.25) is 4.79 Å². The number of ether oxygens (including phenoxy) is 1. The molecule has 0 saturated heterocycles. The maximum Gasteiger partial charge on any atom is 0.295 e. The van der Waals surface area contributed by atoms with Crippen LogP contribution in [0.2, 0.25) is 10.0 Å². The van der Waals surface area contributed by atoms with Crippen LogP contribution in [-0.2, 0) is 0 Å². The molecule has 5 aromatic rings. The van der Waals surface area contributed by atoms with Gasteiger partial charge in [-0.2, -0.15) is 0 Å². The number of nitrogens with one attached hydrogen (secondary N) is 1. The van der Waals surface area contributed by atoms with Gasteiger partial charge >= 0.3 is 0 Å². The number of benzene rings is 4. The van der Waals surface area contributed by atoms with Crippen molar-refractivity contribution < 1.29 is 9.53 Å². The van der Waals surface area contributed by atoms with Crippen LogP contribution in [0.1, 0.15) is 16.2 Å². The van der Waals surface area contributed by atoms with Gasteiger partial charge in [0.15, 0.2) is 5.82 Å². The Morgan fingerprint density at radius 2 is 1.58 bits per heavy atom. The molecule has 178 valence electrons. The van der Waals surface area contributed by atoms with E-state index in [0.29, 0.717) is 33.0 Å². The maximum absolute atomic E-state index is 13.1. The Morgan fingerprint density at radius 3 is 2.33 bits per heavy atom. The summed E-state index contributed by atoms with van der Waals surface area (Å²) in [6.07, 6.45) is 0. The molecule has 0 unspecified atom stereocenters. The van der Waals surface area contributed by atoms with Crippen LogP contribution < -0.4 is 10.1 Å². The van der Waals surface area contributed by atoms with E-state index in [1.807, 2.05) is 61.5 Å². The van der Waals surface area contributed by atoms with Gasteiger partial charge in [-0.05, 0) is 73.2 Å². The molecule has 0 aliphatic carbocycles. The summed E-state index contributed by atoms with van der Waals surface area (Å²) in [5.74, 6) is 1.41. The molecule has 0 aliphatic rings. The number of hydrogen-bond acceptors (Lipinski definition) is 4. The van der Waals surface area contributed by atoms with Crippen molar-refractivity contribution in [3.05, 3.63) is 118 Å². The lowest BCUT2D eigenvalue weighted by Crippen LogP contribution is -2.14. The fourth-order valence-electron chi connectivity index (χ4n) is 3.63. The fourth-order valence-corrected chi connectivity index (χ4v) is 3.99. The zero-order valence-corrected chi connectivity index (χ0v) is 20.7. The third-order valence-electron chi connectivity index (χ3n) is 5.45. The molecule has 0 saturated carbocycles. The van der Waals surface area contributed by atoms with E-state index in [1.165, 1.54) is 0 Å². The van der Waals surface area contributed by atoms with Crippen LogP contribution in [0.5, 0.6) is 11.5 Å². The summed E-state index contributed by atoms with van der Waals surface area (Å²) in [5.41, 5.74) is 2.83. The van der Waals surface area contributed by atoms with Gasteiger partial charge in [0, 0.05) is 21.3 Å². The number of rotatable bonds is 6. The van der Waals surface area contributed by atoms with Gasteiger partial charge in [-0.25, -0.2) is 9.67 Å². The minimum atomic E-state index is -0.451. The summed E-state index contributed by atoms with van der Waals surface area (Å²) in [6, 6.07) is 29.3. The molecule has 0 radical (unpaired) electrons. The summed E-state index contributed by atoms with van der Waals surface area (Å²) in [4.78, 5) is 17.7. The summed E-state index contributed by atoms with van der Waals surface area (Å²) in [5, 5.41) is 8.51.